The Morgan fingerprint density at radius 3 is 2.82 bits per heavy atom. The summed E-state index contributed by atoms with van der Waals surface area (Å²) >= 11 is 3.39. The van der Waals surface area contributed by atoms with E-state index in [9.17, 15) is 0 Å². The number of nitrogen functional groups attached to an aromatic ring is 1. The molecule has 5 nitrogen and oxygen atoms in total. The molecule has 1 aromatic heterocycles. The number of hydrogen-bond donors (Lipinski definition) is 2. The van der Waals surface area contributed by atoms with Crippen LogP contribution in [0.25, 0.3) is 0 Å². The predicted molar refractivity (Wildman–Crippen MR) is 70.8 cm³/mol. The van der Waals surface area contributed by atoms with E-state index in [0.29, 0.717) is 11.9 Å². The Balaban J connectivity index is 2.11. The average Bonchev–Trinajstić information content (AvgIpc) is 2.29. The van der Waals surface area contributed by atoms with Crippen molar-refractivity contribution in [2.75, 3.05) is 18.2 Å². The molecule has 0 aromatic carbocycles. The lowest BCUT2D eigenvalue weighted by molar-refractivity contribution is -0.0795. The Labute approximate surface area is 109 Å². The van der Waals surface area contributed by atoms with Crippen molar-refractivity contribution in [2.45, 2.75) is 32.4 Å². The van der Waals surface area contributed by atoms with Gasteiger partial charge in [-0.1, -0.05) is 13.8 Å². The first kappa shape index (κ1) is 12.6. The van der Waals surface area contributed by atoms with Crippen LogP contribution in [0.3, 0.4) is 0 Å². The molecule has 94 valence electrons. The number of nitrogens with one attached hydrogen (secondary N) is 1. The van der Waals surface area contributed by atoms with Crippen molar-refractivity contribution >= 4 is 27.6 Å². The summed E-state index contributed by atoms with van der Waals surface area (Å²) in [5.74, 6) is 1.19. The van der Waals surface area contributed by atoms with Gasteiger partial charge in [0, 0.05) is 18.6 Å². The first-order valence-electron chi connectivity index (χ1n) is 5.52. The second-order valence-electron chi connectivity index (χ2n) is 4.90. The van der Waals surface area contributed by atoms with Crippen LogP contribution >= 0.6 is 15.9 Å². The normalized spacial score (nSPS) is 26.4. The van der Waals surface area contributed by atoms with Crippen LogP contribution in [0.4, 0.5) is 11.6 Å². The summed E-state index contributed by atoms with van der Waals surface area (Å²) in [7, 11) is 1.75. The molecular formula is C11H17BrN4O. The minimum atomic E-state index is 0.0912. The molecule has 0 aliphatic heterocycles. The van der Waals surface area contributed by atoms with Gasteiger partial charge in [0.15, 0.2) is 0 Å². The second-order valence-corrected chi connectivity index (χ2v) is 5.69. The van der Waals surface area contributed by atoms with Crippen molar-refractivity contribution < 1.29 is 4.74 Å². The van der Waals surface area contributed by atoms with Gasteiger partial charge in [0.1, 0.15) is 22.4 Å². The van der Waals surface area contributed by atoms with E-state index in [4.69, 9.17) is 10.5 Å². The number of hydrogen-bond acceptors (Lipinski definition) is 5. The Bertz CT molecular complexity index is 424. The Morgan fingerprint density at radius 2 is 2.24 bits per heavy atom. The van der Waals surface area contributed by atoms with Crippen LogP contribution in [0.15, 0.2) is 10.8 Å². The Kier molecular flexibility index (Phi) is 3.27. The SMILES string of the molecule is COC1CC(Nc2ncnc(N)c2Br)C1(C)C. The zero-order valence-corrected chi connectivity index (χ0v) is 11.8. The molecule has 17 heavy (non-hydrogen) atoms. The first-order chi connectivity index (χ1) is 7.96. The van der Waals surface area contributed by atoms with Crippen molar-refractivity contribution in [2.24, 2.45) is 5.41 Å². The van der Waals surface area contributed by atoms with E-state index in [2.05, 4.69) is 45.1 Å². The van der Waals surface area contributed by atoms with Crippen LogP contribution in [0.5, 0.6) is 0 Å². The van der Waals surface area contributed by atoms with E-state index in [-0.39, 0.29) is 11.5 Å². The standard InChI is InChI=1S/C11H17BrN4O/c1-11(2)6(4-7(11)17-3)16-10-8(12)9(13)14-5-15-10/h5-7H,4H2,1-3H3,(H3,13,14,15,16). The summed E-state index contributed by atoms with van der Waals surface area (Å²) in [6.07, 6.45) is 2.72. The highest BCUT2D eigenvalue weighted by molar-refractivity contribution is 9.10. The molecule has 1 heterocycles. The topological polar surface area (TPSA) is 73.1 Å². The van der Waals surface area contributed by atoms with Gasteiger partial charge in [0.25, 0.3) is 0 Å². The fraction of sp³-hybridized carbons (Fsp3) is 0.636. The number of halogens is 1. The number of rotatable bonds is 3. The molecule has 1 aliphatic rings. The molecular weight excluding hydrogens is 284 g/mol. The van der Waals surface area contributed by atoms with Gasteiger partial charge >= 0.3 is 0 Å². The molecule has 0 bridgehead atoms. The van der Waals surface area contributed by atoms with Gasteiger partial charge in [-0.05, 0) is 22.4 Å². The van der Waals surface area contributed by atoms with E-state index < -0.39 is 0 Å². The number of ether oxygens (including phenoxy) is 1. The molecule has 2 atom stereocenters. The summed E-state index contributed by atoms with van der Waals surface area (Å²) < 4.78 is 6.13. The quantitative estimate of drug-likeness (QED) is 0.894. The summed E-state index contributed by atoms with van der Waals surface area (Å²) in [5.41, 5.74) is 5.81. The van der Waals surface area contributed by atoms with Gasteiger partial charge in [0.2, 0.25) is 0 Å². The number of nitrogens with zero attached hydrogens (tertiary/aromatic N) is 2. The summed E-state index contributed by atoms with van der Waals surface area (Å²) in [5, 5.41) is 3.38. The Hall–Kier alpha value is -0.880. The zero-order valence-electron chi connectivity index (χ0n) is 10.2. The highest BCUT2D eigenvalue weighted by Gasteiger charge is 2.48. The first-order valence-corrected chi connectivity index (χ1v) is 6.31. The molecule has 3 N–H and O–H groups in total. The molecule has 2 rings (SSSR count). The largest absolute Gasteiger partial charge is 0.383 e. The van der Waals surface area contributed by atoms with Crippen molar-refractivity contribution in [3.8, 4) is 0 Å². The zero-order chi connectivity index (χ0) is 12.6. The van der Waals surface area contributed by atoms with Crippen LogP contribution in [-0.2, 0) is 4.74 Å². The third kappa shape index (κ3) is 2.11. The maximum absolute atomic E-state index is 5.71. The van der Waals surface area contributed by atoms with E-state index >= 15 is 0 Å². The van der Waals surface area contributed by atoms with Crippen molar-refractivity contribution in [1.29, 1.82) is 0 Å². The molecule has 0 saturated heterocycles. The van der Waals surface area contributed by atoms with Crippen molar-refractivity contribution in [3.05, 3.63) is 10.8 Å². The number of methoxy groups -OCH3 is 1. The second kappa shape index (κ2) is 4.42. The van der Waals surface area contributed by atoms with Crippen molar-refractivity contribution in [1.82, 2.24) is 9.97 Å². The van der Waals surface area contributed by atoms with Crippen LogP contribution in [0.1, 0.15) is 20.3 Å². The molecule has 0 radical (unpaired) electrons. The minimum Gasteiger partial charge on any atom is -0.383 e. The van der Waals surface area contributed by atoms with Gasteiger partial charge in [-0.2, -0.15) is 0 Å². The Morgan fingerprint density at radius 1 is 1.53 bits per heavy atom. The maximum Gasteiger partial charge on any atom is 0.146 e. The van der Waals surface area contributed by atoms with Gasteiger partial charge in [-0.15, -0.1) is 0 Å². The van der Waals surface area contributed by atoms with E-state index in [1.165, 1.54) is 6.33 Å². The average molecular weight is 301 g/mol. The van der Waals surface area contributed by atoms with Gasteiger partial charge in [-0.3, -0.25) is 0 Å². The number of anilines is 2. The van der Waals surface area contributed by atoms with Gasteiger partial charge in [0.05, 0.1) is 6.10 Å². The third-order valence-corrected chi connectivity index (χ3v) is 4.37. The van der Waals surface area contributed by atoms with E-state index in [0.717, 1.165) is 16.7 Å². The van der Waals surface area contributed by atoms with Crippen molar-refractivity contribution in [3.63, 3.8) is 0 Å². The molecule has 0 amide bonds. The third-order valence-electron chi connectivity index (χ3n) is 3.59. The fourth-order valence-electron chi connectivity index (χ4n) is 2.18. The fourth-order valence-corrected chi connectivity index (χ4v) is 2.50. The van der Waals surface area contributed by atoms with Crippen LogP contribution in [0, 0.1) is 5.41 Å². The molecule has 1 saturated carbocycles. The highest BCUT2D eigenvalue weighted by Crippen LogP contribution is 2.44. The van der Waals surface area contributed by atoms with Crippen LogP contribution < -0.4 is 11.1 Å². The number of aromatic nitrogens is 2. The summed E-state index contributed by atoms with van der Waals surface area (Å²) in [4.78, 5) is 8.10. The molecule has 1 fully saturated rings. The molecule has 0 spiro atoms. The van der Waals surface area contributed by atoms with E-state index in [1.807, 2.05) is 0 Å². The summed E-state index contributed by atoms with van der Waals surface area (Å²) in [6.45, 7) is 4.36. The summed E-state index contributed by atoms with van der Waals surface area (Å²) in [6, 6.07) is 0.332. The molecule has 1 aliphatic carbocycles. The highest BCUT2D eigenvalue weighted by atomic mass is 79.9. The lowest BCUT2D eigenvalue weighted by atomic mass is 9.64. The van der Waals surface area contributed by atoms with E-state index in [1.54, 1.807) is 7.11 Å². The lowest BCUT2D eigenvalue weighted by Crippen LogP contribution is -2.57. The minimum absolute atomic E-state index is 0.0912. The monoisotopic (exact) mass is 300 g/mol. The van der Waals surface area contributed by atoms with Crippen LogP contribution in [-0.4, -0.2) is 29.2 Å². The predicted octanol–water partition coefficient (Wildman–Crippen LogP) is 2.05. The molecule has 6 heteroatoms. The van der Waals surface area contributed by atoms with Gasteiger partial charge in [-0.25, -0.2) is 9.97 Å². The maximum atomic E-state index is 5.71. The van der Waals surface area contributed by atoms with Crippen LogP contribution in [0.2, 0.25) is 0 Å². The molecule has 1 aromatic rings. The van der Waals surface area contributed by atoms with Gasteiger partial charge < -0.3 is 15.8 Å². The smallest absolute Gasteiger partial charge is 0.146 e. The lowest BCUT2D eigenvalue weighted by Gasteiger charge is -2.51. The molecule has 2 unspecified atom stereocenters. The number of nitrogens with two attached hydrogens (primary N) is 1.